The number of thioether (sulfide) groups is 1. The van der Waals surface area contributed by atoms with Crippen molar-refractivity contribution < 1.29 is 9.18 Å². The van der Waals surface area contributed by atoms with Crippen LogP contribution in [-0.2, 0) is 11.3 Å². The van der Waals surface area contributed by atoms with Crippen LogP contribution in [0.15, 0.2) is 72.4 Å². The minimum absolute atomic E-state index is 0.105. The van der Waals surface area contributed by atoms with Gasteiger partial charge >= 0.3 is 0 Å². The summed E-state index contributed by atoms with van der Waals surface area (Å²) in [6.45, 7) is 7.93. The second-order valence-electron chi connectivity index (χ2n) is 6.59. The van der Waals surface area contributed by atoms with Crippen LogP contribution in [0.5, 0.6) is 0 Å². The van der Waals surface area contributed by atoms with Crippen molar-refractivity contribution in [2.24, 2.45) is 0 Å². The molecule has 0 spiro atoms. The van der Waals surface area contributed by atoms with Crippen LogP contribution in [-0.4, -0.2) is 25.9 Å². The van der Waals surface area contributed by atoms with E-state index < -0.39 is 5.25 Å². The van der Waals surface area contributed by atoms with Gasteiger partial charge in [-0.15, -0.1) is 16.8 Å². The molecule has 1 heterocycles. The Morgan fingerprint density at radius 3 is 2.55 bits per heavy atom. The highest BCUT2D eigenvalue weighted by Crippen LogP contribution is 2.28. The fraction of sp³-hybridized carbons (Fsp3) is 0.227. The maximum atomic E-state index is 14.2. The first-order valence-electron chi connectivity index (χ1n) is 9.32. The van der Waals surface area contributed by atoms with Gasteiger partial charge in [-0.05, 0) is 31.5 Å². The van der Waals surface area contributed by atoms with E-state index in [0.29, 0.717) is 23.1 Å². The third-order valence-electron chi connectivity index (χ3n) is 4.45. The average molecular weight is 411 g/mol. The molecule has 1 N–H and O–H groups in total. The van der Waals surface area contributed by atoms with E-state index in [1.165, 1.54) is 17.8 Å². The van der Waals surface area contributed by atoms with Crippen molar-refractivity contribution >= 4 is 17.7 Å². The van der Waals surface area contributed by atoms with Gasteiger partial charge in [0.2, 0.25) is 5.91 Å². The van der Waals surface area contributed by atoms with Crippen LogP contribution in [0.25, 0.3) is 11.4 Å². The molecule has 0 aliphatic carbocycles. The van der Waals surface area contributed by atoms with Crippen LogP contribution in [0, 0.1) is 5.82 Å². The number of halogens is 1. The Labute approximate surface area is 174 Å². The van der Waals surface area contributed by atoms with Crippen LogP contribution < -0.4 is 5.32 Å². The summed E-state index contributed by atoms with van der Waals surface area (Å²) in [7, 11) is 0. The molecule has 0 aliphatic heterocycles. The van der Waals surface area contributed by atoms with Crippen molar-refractivity contribution in [3.05, 3.63) is 78.6 Å². The predicted molar refractivity (Wildman–Crippen MR) is 114 cm³/mol. The molecule has 0 radical (unpaired) electrons. The number of allylic oxidation sites excluding steroid dienone is 1. The number of hydrogen-bond donors (Lipinski definition) is 1. The maximum Gasteiger partial charge on any atom is 0.233 e. The lowest BCUT2D eigenvalue weighted by atomic mass is 10.1. The molecule has 3 rings (SSSR count). The highest BCUT2D eigenvalue weighted by Gasteiger charge is 2.22. The smallest absolute Gasteiger partial charge is 0.233 e. The fourth-order valence-corrected chi connectivity index (χ4v) is 3.75. The average Bonchev–Trinajstić information content (AvgIpc) is 3.11. The Balaban J connectivity index is 1.76. The summed E-state index contributed by atoms with van der Waals surface area (Å²) < 4.78 is 16.0. The molecule has 2 atom stereocenters. The number of aromatic nitrogens is 3. The van der Waals surface area contributed by atoms with Crippen LogP contribution in [0.2, 0.25) is 0 Å². The first kappa shape index (κ1) is 20.8. The molecule has 0 bridgehead atoms. The Bertz CT molecular complexity index is 989. The van der Waals surface area contributed by atoms with E-state index in [-0.39, 0.29) is 17.8 Å². The molecule has 7 heteroatoms. The number of benzene rings is 2. The van der Waals surface area contributed by atoms with E-state index >= 15 is 0 Å². The summed E-state index contributed by atoms with van der Waals surface area (Å²) in [4.78, 5) is 12.7. The van der Waals surface area contributed by atoms with Gasteiger partial charge in [-0.25, -0.2) is 4.39 Å². The lowest BCUT2D eigenvalue weighted by molar-refractivity contribution is -0.120. The Morgan fingerprint density at radius 1 is 1.17 bits per heavy atom. The van der Waals surface area contributed by atoms with Crippen LogP contribution in [0.1, 0.15) is 25.5 Å². The lowest BCUT2D eigenvalue weighted by Crippen LogP contribution is -2.33. The van der Waals surface area contributed by atoms with E-state index in [1.807, 2.05) is 44.2 Å². The lowest BCUT2D eigenvalue weighted by Gasteiger charge is -2.17. The molecule has 0 fully saturated rings. The molecule has 29 heavy (non-hydrogen) atoms. The molecule has 150 valence electrons. The summed E-state index contributed by atoms with van der Waals surface area (Å²) in [5, 5.41) is 11.5. The Morgan fingerprint density at radius 2 is 1.86 bits per heavy atom. The van der Waals surface area contributed by atoms with Gasteiger partial charge in [0.25, 0.3) is 0 Å². The van der Waals surface area contributed by atoms with E-state index in [9.17, 15) is 9.18 Å². The molecular weight excluding hydrogens is 387 g/mol. The van der Waals surface area contributed by atoms with Crippen molar-refractivity contribution in [2.75, 3.05) is 0 Å². The Hall–Kier alpha value is -2.93. The highest BCUT2D eigenvalue weighted by molar-refractivity contribution is 8.00. The first-order chi connectivity index (χ1) is 14.0. The summed E-state index contributed by atoms with van der Waals surface area (Å²) in [6, 6.07) is 16.1. The summed E-state index contributed by atoms with van der Waals surface area (Å²) in [5.74, 6) is -0.0630. The number of hydrogen-bond acceptors (Lipinski definition) is 4. The zero-order chi connectivity index (χ0) is 20.8. The number of carbonyl (C=O) groups is 1. The van der Waals surface area contributed by atoms with E-state index in [0.717, 1.165) is 5.56 Å². The minimum atomic E-state index is -0.401. The second kappa shape index (κ2) is 9.52. The SMILES string of the molecule is C=CCn1c(SC(C)C(=O)NC(C)c2ccccc2)nnc1-c1ccccc1F. The summed E-state index contributed by atoms with van der Waals surface area (Å²) >= 11 is 1.28. The van der Waals surface area contributed by atoms with Crippen molar-refractivity contribution in [3.8, 4) is 11.4 Å². The number of amides is 1. The van der Waals surface area contributed by atoms with E-state index in [4.69, 9.17) is 0 Å². The maximum absolute atomic E-state index is 14.2. The second-order valence-corrected chi connectivity index (χ2v) is 7.89. The van der Waals surface area contributed by atoms with Gasteiger partial charge in [-0.3, -0.25) is 9.36 Å². The van der Waals surface area contributed by atoms with E-state index in [1.54, 1.807) is 28.8 Å². The normalized spacial score (nSPS) is 12.9. The third kappa shape index (κ3) is 4.92. The van der Waals surface area contributed by atoms with Gasteiger partial charge in [0.05, 0.1) is 16.9 Å². The summed E-state index contributed by atoms with van der Waals surface area (Å²) in [6.07, 6.45) is 1.69. The zero-order valence-electron chi connectivity index (χ0n) is 16.4. The number of nitrogens with zero attached hydrogens (tertiary/aromatic N) is 3. The minimum Gasteiger partial charge on any atom is -0.349 e. The fourth-order valence-electron chi connectivity index (χ4n) is 2.88. The largest absolute Gasteiger partial charge is 0.349 e. The van der Waals surface area contributed by atoms with Crippen molar-refractivity contribution in [3.63, 3.8) is 0 Å². The Kier molecular flexibility index (Phi) is 6.82. The molecule has 2 aromatic carbocycles. The molecule has 2 unspecified atom stereocenters. The summed E-state index contributed by atoms with van der Waals surface area (Å²) in [5.41, 5.74) is 1.40. The topological polar surface area (TPSA) is 59.8 Å². The van der Waals surface area contributed by atoms with E-state index in [2.05, 4.69) is 22.1 Å². The van der Waals surface area contributed by atoms with Crippen molar-refractivity contribution in [2.45, 2.75) is 36.8 Å². The molecule has 1 aromatic heterocycles. The molecular formula is C22H23FN4OS. The van der Waals surface area contributed by atoms with Crippen LogP contribution >= 0.6 is 11.8 Å². The number of nitrogens with one attached hydrogen (secondary N) is 1. The molecule has 3 aromatic rings. The molecule has 0 saturated heterocycles. The van der Waals surface area contributed by atoms with Gasteiger partial charge in [-0.2, -0.15) is 0 Å². The van der Waals surface area contributed by atoms with Crippen LogP contribution in [0.4, 0.5) is 4.39 Å². The first-order valence-corrected chi connectivity index (χ1v) is 10.2. The number of rotatable bonds is 8. The van der Waals surface area contributed by atoms with Crippen LogP contribution in [0.3, 0.4) is 0 Å². The third-order valence-corrected chi connectivity index (χ3v) is 5.53. The molecule has 5 nitrogen and oxygen atoms in total. The monoisotopic (exact) mass is 410 g/mol. The van der Waals surface area contributed by atoms with Gasteiger partial charge in [0.1, 0.15) is 5.82 Å². The van der Waals surface area contributed by atoms with Gasteiger partial charge in [0, 0.05) is 6.54 Å². The molecule has 0 saturated carbocycles. The van der Waals surface area contributed by atoms with Crippen molar-refractivity contribution in [1.82, 2.24) is 20.1 Å². The zero-order valence-corrected chi connectivity index (χ0v) is 17.2. The predicted octanol–water partition coefficient (Wildman–Crippen LogP) is 4.63. The van der Waals surface area contributed by atoms with Gasteiger partial charge in [0.15, 0.2) is 11.0 Å². The van der Waals surface area contributed by atoms with Gasteiger partial charge < -0.3 is 5.32 Å². The standard InChI is InChI=1S/C22H23FN4OS/c1-4-14-27-20(18-12-8-9-13-19(18)23)25-26-22(27)29-16(3)21(28)24-15(2)17-10-6-5-7-11-17/h4-13,15-16H,1,14H2,2-3H3,(H,24,28). The molecule has 1 amide bonds. The highest BCUT2D eigenvalue weighted by atomic mass is 32.2. The quantitative estimate of drug-likeness (QED) is 0.435. The molecule has 0 aliphatic rings. The number of carbonyl (C=O) groups excluding carboxylic acids is 1. The van der Waals surface area contributed by atoms with Gasteiger partial charge in [-0.1, -0.05) is 60.3 Å². The van der Waals surface area contributed by atoms with Crippen molar-refractivity contribution in [1.29, 1.82) is 0 Å².